The second-order valence-electron chi connectivity index (χ2n) is 5.73. The lowest BCUT2D eigenvalue weighted by Crippen LogP contribution is -3.00. The number of hydrogen-bond donors (Lipinski definition) is 0. The number of nitrogens with zero attached hydrogens (tertiary/aromatic N) is 1. The van der Waals surface area contributed by atoms with Gasteiger partial charge in [0, 0.05) is 23.6 Å². The number of methoxy groups -OCH3 is 1. The lowest BCUT2D eigenvalue weighted by molar-refractivity contribution is -0.568. The van der Waals surface area contributed by atoms with Gasteiger partial charge in [-0.15, -0.1) is 0 Å². The summed E-state index contributed by atoms with van der Waals surface area (Å²) in [7, 11) is 1.61. The second-order valence-corrected chi connectivity index (χ2v) is 5.73. The van der Waals surface area contributed by atoms with E-state index in [1.54, 1.807) is 43.7 Å². The molecule has 0 atom stereocenters. The van der Waals surface area contributed by atoms with Crippen molar-refractivity contribution in [1.29, 1.82) is 0 Å². The highest BCUT2D eigenvalue weighted by Gasteiger charge is 2.05. The van der Waals surface area contributed by atoms with Crippen molar-refractivity contribution in [3.05, 3.63) is 102 Å². The highest BCUT2D eigenvalue weighted by Crippen LogP contribution is 2.12. The van der Waals surface area contributed by atoms with E-state index in [0.717, 1.165) is 12.2 Å². The number of rotatable bonds is 6. The van der Waals surface area contributed by atoms with Crippen LogP contribution < -0.4 is 21.7 Å². The van der Waals surface area contributed by atoms with E-state index < -0.39 is 0 Å². The minimum Gasteiger partial charge on any atom is -1.00 e. The van der Waals surface area contributed by atoms with Crippen LogP contribution >= 0.6 is 0 Å². The molecule has 1 heterocycles. The Labute approximate surface area is 160 Å². The lowest BCUT2D eigenvalue weighted by Gasteiger charge is -2.00. The summed E-state index contributed by atoms with van der Waals surface area (Å²) < 4.78 is 7.01. The van der Waals surface area contributed by atoms with Crippen LogP contribution in [0.3, 0.4) is 0 Å². The van der Waals surface area contributed by atoms with Gasteiger partial charge in [-0.1, -0.05) is 30.3 Å². The molecule has 0 radical (unpaired) electrons. The molecule has 3 aromatic rings. The lowest BCUT2D eigenvalue weighted by atomic mass is 10.1. The number of hydrogen-bond acceptors (Lipinski definition) is 2. The standard InChI is InChI=1S/C22H20NO2.ClH/c1-25-21-11-9-20(10-12-21)22(24)13-15-23-14-5-8-19(17-23)16-18-6-3-2-4-7-18;/h2-15,17H,16H2,1H3;1H/q+1;/p-1/b15-13+;. The monoisotopic (exact) mass is 365 g/mol. The molecule has 132 valence electrons. The third-order valence-corrected chi connectivity index (χ3v) is 3.91. The first kappa shape index (κ1) is 19.4. The molecule has 26 heavy (non-hydrogen) atoms. The van der Waals surface area contributed by atoms with Crippen LogP contribution in [-0.4, -0.2) is 12.9 Å². The molecule has 0 spiro atoms. The zero-order valence-corrected chi connectivity index (χ0v) is 15.3. The molecule has 3 rings (SSSR count). The normalized spacial score (nSPS) is 10.3. The van der Waals surface area contributed by atoms with Crippen LogP contribution in [0.4, 0.5) is 0 Å². The summed E-state index contributed by atoms with van der Waals surface area (Å²) >= 11 is 0. The van der Waals surface area contributed by atoms with Crippen LogP contribution in [0.1, 0.15) is 21.5 Å². The van der Waals surface area contributed by atoms with E-state index in [1.807, 2.05) is 41.2 Å². The summed E-state index contributed by atoms with van der Waals surface area (Å²) in [6, 6.07) is 21.5. The SMILES string of the molecule is COc1ccc(C(=O)/C=C/[n+]2cccc(Cc3ccccc3)c2)cc1.[Cl-]. The highest BCUT2D eigenvalue weighted by atomic mass is 35.5. The molecule has 0 saturated heterocycles. The first-order chi connectivity index (χ1) is 12.2. The molecule has 0 N–H and O–H groups in total. The maximum absolute atomic E-state index is 12.3. The van der Waals surface area contributed by atoms with Crippen molar-refractivity contribution in [2.75, 3.05) is 7.11 Å². The van der Waals surface area contributed by atoms with Gasteiger partial charge in [-0.3, -0.25) is 4.79 Å². The fourth-order valence-corrected chi connectivity index (χ4v) is 2.58. The Morgan fingerprint density at radius 3 is 2.35 bits per heavy atom. The molecule has 0 aliphatic heterocycles. The maximum Gasteiger partial charge on any atom is 0.191 e. The Morgan fingerprint density at radius 2 is 1.65 bits per heavy atom. The van der Waals surface area contributed by atoms with Gasteiger partial charge < -0.3 is 17.1 Å². The van der Waals surface area contributed by atoms with E-state index in [-0.39, 0.29) is 18.2 Å². The van der Waals surface area contributed by atoms with Crippen LogP contribution in [0.5, 0.6) is 5.75 Å². The largest absolute Gasteiger partial charge is 1.00 e. The molecule has 3 nitrogen and oxygen atoms in total. The number of carbonyl (C=O) groups excluding carboxylic acids is 1. The van der Waals surface area contributed by atoms with E-state index >= 15 is 0 Å². The minimum atomic E-state index is -0.0383. The highest BCUT2D eigenvalue weighted by molar-refractivity contribution is 6.05. The topological polar surface area (TPSA) is 30.2 Å². The summed E-state index contributed by atoms with van der Waals surface area (Å²) in [5.74, 6) is 0.701. The van der Waals surface area contributed by atoms with Gasteiger partial charge in [0.25, 0.3) is 0 Å². The first-order valence-electron chi connectivity index (χ1n) is 8.15. The Balaban J connectivity index is 0.00000243. The van der Waals surface area contributed by atoms with Crippen LogP contribution in [0, 0.1) is 0 Å². The zero-order valence-electron chi connectivity index (χ0n) is 14.5. The number of benzene rings is 2. The summed E-state index contributed by atoms with van der Waals surface area (Å²) in [6.07, 6.45) is 8.17. The first-order valence-corrected chi connectivity index (χ1v) is 8.15. The van der Waals surface area contributed by atoms with Crippen LogP contribution in [0.2, 0.25) is 0 Å². The second kappa shape index (κ2) is 9.54. The Morgan fingerprint density at radius 1 is 0.962 bits per heavy atom. The van der Waals surface area contributed by atoms with Gasteiger partial charge in [-0.25, -0.2) is 0 Å². The third kappa shape index (κ3) is 5.30. The molecule has 0 saturated carbocycles. The number of aromatic nitrogens is 1. The summed E-state index contributed by atoms with van der Waals surface area (Å²) in [4.78, 5) is 12.3. The molecule has 0 unspecified atom stereocenters. The summed E-state index contributed by atoms with van der Waals surface area (Å²) in [6.45, 7) is 0. The number of halogens is 1. The van der Waals surface area contributed by atoms with Gasteiger partial charge in [-0.2, -0.15) is 4.57 Å². The van der Waals surface area contributed by atoms with Gasteiger partial charge in [0.2, 0.25) is 0 Å². The van der Waals surface area contributed by atoms with Crippen molar-refractivity contribution < 1.29 is 26.5 Å². The smallest absolute Gasteiger partial charge is 0.191 e. The molecule has 0 aliphatic carbocycles. The van der Waals surface area contributed by atoms with Gasteiger partial charge >= 0.3 is 0 Å². The van der Waals surface area contributed by atoms with E-state index in [2.05, 4.69) is 18.2 Å². The van der Waals surface area contributed by atoms with E-state index in [9.17, 15) is 4.79 Å². The molecular weight excluding hydrogens is 346 g/mol. The maximum atomic E-state index is 12.3. The van der Waals surface area contributed by atoms with Gasteiger partial charge in [0.15, 0.2) is 24.4 Å². The molecule has 0 fully saturated rings. The Bertz CT molecular complexity index is 874. The van der Waals surface area contributed by atoms with Crippen LogP contribution in [-0.2, 0) is 6.42 Å². The van der Waals surface area contributed by atoms with Crippen molar-refractivity contribution in [3.63, 3.8) is 0 Å². The quantitative estimate of drug-likeness (QED) is 0.369. The Hall–Kier alpha value is -2.91. The molecule has 0 amide bonds. The van der Waals surface area contributed by atoms with E-state index in [1.165, 1.54) is 11.1 Å². The van der Waals surface area contributed by atoms with Crippen molar-refractivity contribution >= 4 is 12.0 Å². The number of carbonyl (C=O) groups is 1. The van der Waals surface area contributed by atoms with Crippen LogP contribution in [0.25, 0.3) is 6.20 Å². The number of ketones is 1. The van der Waals surface area contributed by atoms with Crippen LogP contribution in [0.15, 0.2) is 85.2 Å². The van der Waals surface area contributed by atoms with E-state index in [0.29, 0.717) is 5.56 Å². The molecule has 1 aromatic heterocycles. The number of allylic oxidation sites excluding steroid dienone is 1. The Kier molecular flexibility index (Phi) is 7.12. The summed E-state index contributed by atoms with van der Waals surface area (Å²) in [5.41, 5.74) is 3.09. The zero-order chi connectivity index (χ0) is 17.5. The van der Waals surface area contributed by atoms with Gasteiger partial charge in [-0.05, 0) is 35.9 Å². The predicted molar refractivity (Wildman–Crippen MR) is 98.5 cm³/mol. The average Bonchev–Trinajstić information content (AvgIpc) is 2.67. The summed E-state index contributed by atoms with van der Waals surface area (Å²) in [5, 5.41) is 0. The van der Waals surface area contributed by atoms with Crippen molar-refractivity contribution in [3.8, 4) is 5.75 Å². The molecule has 2 aromatic carbocycles. The van der Waals surface area contributed by atoms with E-state index in [4.69, 9.17) is 4.74 Å². The fourth-order valence-electron chi connectivity index (χ4n) is 2.58. The van der Waals surface area contributed by atoms with Gasteiger partial charge in [0.05, 0.1) is 13.2 Å². The predicted octanol–water partition coefficient (Wildman–Crippen LogP) is 0.931. The average molecular weight is 366 g/mol. The molecule has 4 heteroatoms. The van der Waals surface area contributed by atoms with Crippen molar-refractivity contribution in [1.82, 2.24) is 0 Å². The van der Waals surface area contributed by atoms with Gasteiger partial charge in [0.1, 0.15) is 5.75 Å². The number of pyridine rings is 1. The molecule has 0 aliphatic rings. The fraction of sp³-hybridized carbons (Fsp3) is 0.0909. The third-order valence-electron chi connectivity index (χ3n) is 3.91. The van der Waals surface area contributed by atoms with Crippen molar-refractivity contribution in [2.24, 2.45) is 0 Å². The number of ether oxygens (including phenoxy) is 1. The minimum absolute atomic E-state index is 0. The van der Waals surface area contributed by atoms with Crippen molar-refractivity contribution in [2.45, 2.75) is 6.42 Å². The molecular formula is C22H20ClNO2. The molecule has 0 bridgehead atoms.